The number of hydrogen-bond acceptors (Lipinski definition) is 5. The van der Waals surface area contributed by atoms with Crippen molar-refractivity contribution in [3.05, 3.63) is 35.9 Å². The van der Waals surface area contributed by atoms with Gasteiger partial charge in [-0.2, -0.15) is 0 Å². The first-order chi connectivity index (χ1) is 10.7. The van der Waals surface area contributed by atoms with Crippen LogP contribution in [0.25, 0.3) is 5.69 Å². The number of aliphatic hydroxyl groups is 1. The van der Waals surface area contributed by atoms with Crippen molar-refractivity contribution in [2.45, 2.75) is 30.5 Å². The van der Waals surface area contributed by atoms with Crippen LogP contribution < -0.4 is 5.73 Å². The summed E-state index contributed by atoms with van der Waals surface area (Å²) in [6, 6.07) is 6.53. The maximum atomic E-state index is 14.1. The highest BCUT2D eigenvalue weighted by atomic mass is 32.2. The number of hydrogen-bond donors (Lipinski definition) is 2. The van der Waals surface area contributed by atoms with Crippen LogP contribution in [0.1, 0.15) is 18.7 Å². The van der Waals surface area contributed by atoms with Crippen LogP contribution in [0.4, 0.5) is 4.39 Å². The molecule has 118 valence electrons. The molecular weight excluding hydrogens is 303 g/mol. The third-order valence-electron chi connectivity index (χ3n) is 3.71. The summed E-state index contributed by atoms with van der Waals surface area (Å²) in [4.78, 5) is 0. The lowest BCUT2D eigenvalue weighted by molar-refractivity contribution is 0.176. The Morgan fingerprint density at radius 2 is 2.14 bits per heavy atom. The summed E-state index contributed by atoms with van der Waals surface area (Å²) in [6.45, 7) is 0.419. The van der Waals surface area contributed by atoms with Gasteiger partial charge < -0.3 is 10.8 Å². The van der Waals surface area contributed by atoms with Crippen LogP contribution in [0.3, 0.4) is 0 Å². The quantitative estimate of drug-likeness (QED) is 0.760. The molecule has 1 aromatic heterocycles. The van der Waals surface area contributed by atoms with Crippen molar-refractivity contribution in [1.29, 1.82) is 0 Å². The lowest BCUT2D eigenvalue weighted by Gasteiger charge is -2.12. The predicted octanol–water partition coefficient (Wildman–Crippen LogP) is 1.77. The summed E-state index contributed by atoms with van der Waals surface area (Å²) < 4.78 is 15.8. The van der Waals surface area contributed by atoms with E-state index in [-0.39, 0.29) is 11.9 Å². The number of para-hydroxylation sites is 1. The Bertz CT molecular complexity index is 644. The van der Waals surface area contributed by atoms with Gasteiger partial charge in [0, 0.05) is 12.2 Å². The third kappa shape index (κ3) is 3.31. The van der Waals surface area contributed by atoms with Gasteiger partial charge in [0.1, 0.15) is 11.6 Å². The topological polar surface area (TPSA) is 77.0 Å². The van der Waals surface area contributed by atoms with Gasteiger partial charge in [0.15, 0.2) is 5.16 Å². The van der Waals surface area contributed by atoms with Gasteiger partial charge >= 0.3 is 0 Å². The van der Waals surface area contributed by atoms with Gasteiger partial charge in [0.05, 0.1) is 11.8 Å². The molecule has 0 amide bonds. The Balaban J connectivity index is 1.87. The smallest absolute Gasteiger partial charge is 0.196 e. The molecule has 7 heteroatoms. The SMILES string of the molecule is NCCc1nnc(SCC(O)C2CC2)n1-c1ccccc1F. The number of aromatic nitrogens is 3. The fourth-order valence-electron chi connectivity index (χ4n) is 2.34. The summed E-state index contributed by atoms with van der Waals surface area (Å²) in [5, 5.41) is 18.9. The summed E-state index contributed by atoms with van der Waals surface area (Å²) in [6.07, 6.45) is 2.35. The molecule has 1 fully saturated rings. The van der Waals surface area contributed by atoms with Crippen molar-refractivity contribution < 1.29 is 9.50 Å². The molecule has 22 heavy (non-hydrogen) atoms. The van der Waals surface area contributed by atoms with Crippen LogP contribution in [0.5, 0.6) is 0 Å². The Morgan fingerprint density at radius 3 is 2.82 bits per heavy atom. The lowest BCUT2D eigenvalue weighted by Crippen LogP contribution is -2.14. The average molecular weight is 322 g/mol. The zero-order valence-corrected chi connectivity index (χ0v) is 13.0. The van der Waals surface area contributed by atoms with E-state index in [1.807, 2.05) is 0 Å². The van der Waals surface area contributed by atoms with Crippen LogP contribution in [-0.2, 0) is 6.42 Å². The van der Waals surface area contributed by atoms with Gasteiger partial charge in [-0.15, -0.1) is 10.2 Å². The molecule has 2 aromatic rings. The minimum Gasteiger partial charge on any atom is -0.392 e. The van der Waals surface area contributed by atoms with Gasteiger partial charge in [-0.25, -0.2) is 4.39 Å². The first-order valence-electron chi connectivity index (χ1n) is 7.41. The van der Waals surface area contributed by atoms with Crippen molar-refractivity contribution in [3.8, 4) is 5.69 Å². The third-order valence-corrected chi connectivity index (χ3v) is 4.74. The van der Waals surface area contributed by atoms with Crippen LogP contribution >= 0.6 is 11.8 Å². The number of nitrogens with two attached hydrogens (primary N) is 1. The largest absolute Gasteiger partial charge is 0.392 e. The number of nitrogens with zero attached hydrogens (tertiary/aromatic N) is 3. The molecule has 1 aliphatic rings. The molecule has 1 unspecified atom stereocenters. The second-order valence-electron chi connectivity index (χ2n) is 5.44. The van der Waals surface area contributed by atoms with Gasteiger partial charge in [0.25, 0.3) is 0 Å². The van der Waals surface area contributed by atoms with Crippen LogP contribution in [0.15, 0.2) is 29.4 Å². The zero-order chi connectivity index (χ0) is 15.5. The van der Waals surface area contributed by atoms with Crippen molar-refractivity contribution in [2.75, 3.05) is 12.3 Å². The molecule has 5 nitrogen and oxygen atoms in total. The summed E-state index contributed by atoms with van der Waals surface area (Å²) >= 11 is 1.41. The number of halogens is 1. The molecule has 0 aliphatic heterocycles. The van der Waals surface area contributed by atoms with Crippen molar-refractivity contribution in [3.63, 3.8) is 0 Å². The molecule has 0 spiro atoms. The number of benzene rings is 1. The van der Waals surface area contributed by atoms with E-state index in [0.717, 1.165) is 12.8 Å². The molecule has 3 N–H and O–H groups in total. The molecule has 1 saturated carbocycles. The van der Waals surface area contributed by atoms with Gasteiger partial charge in [-0.1, -0.05) is 23.9 Å². The van der Waals surface area contributed by atoms with E-state index in [1.54, 1.807) is 22.8 Å². The number of aliphatic hydroxyl groups excluding tert-OH is 1. The van der Waals surface area contributed by atoms with Gasteiger partial charge in [-0.3, -0.25) is 4.57 Å². The minimum absolute atomic E-state index is 0.329. The Morgan fingerprint density at radius 1 is 1.36 bits per heavy atom. The lowest BCUT2D eigenvalue weighted by atomic mass is 10.3. The van der Waals surface area contributed by atoms with E-state index in [0.29, 0.717) is 41.3 Å². The van der Waals surface area contributed by atoms with Crippen LogP contribution in [0, 0.1) is 11.7 Å². The van der Waals surface area contributed by atoms with E-state index in [1.165, 1.54) is 17.8 Å². The Labute approximate surface area is 132 Å². The first-order valence-corrected chi connectivity index (χ1v) is 8.39. The standard InChI is InChI=1S/C15H19FN4OS/c16-11-3-1-2-4-12(11)20-14(7-8-17)18-19-15(20)22-9-13(21)10-5-6-10/h1-4,10,13,21H,5-9,17H2. The minimum atomic E-state index is -0.339. The average Bonchev–Trinajstić information content (AvgIpc) is 3.29. The Kier molecular flexibility index (Phi) is 4.75. The molecule has 1 aliphatic carbocycles. The molecule has 1 aromatic carbocycles. The molecule has 0 bridgehead atoms. The molecule has 1 heterocycles. The van der Waals surface area contributed by atoms with Crippen molar-refractivity contribution in [1.82, 2.24) is 14.8 Å². The predicted molar refractivity (Wildman–Crippen MR) is 83.5 cm³/mol. The highest BCUT2D eigenvalue weighted by molar-refractivity contribution is 7.99. The number of thioether (sulfide) groups is 1. The summed E-state index contributed by atoms with van der Waals surface area (Å²) in [7, 11) is 0. The van der Waals surface area contributed by atoms with Crippen LogP contribution in [0.2, 0.25) is 0 Å². The normalized spacial score (nSPS) is 16.0. The van der Waals surface area contributed by atoms with Gasteiger partial charge in [0.2, 0.25) is 0 Å². The van der Waals surface area contributed by atoms with E-state index in [9.17, 15) is 9.50 Å². The van der Waals surface area contributed by atoms with E-state index < -0.39 is 0 Å². The molecule has 3 rings (SSSR count). The summed E-state index contributed by atoms with van der Waals surface area (Å²) in [5.74, 6) is 1.25. The maximum Gasteiger partial charge on any atom is 0.196 e. The first kappa shape index (κ1) is 15.5. The highest BCUT2D eigenvalue weighted by Crippen LogP contribution is 2.35. The molecule has 0 radical (unpaired) electrons. The maximum absolute atomic E-state index is 14.1. The fourth-order valence-corrected chi connectivity index (χ4v) is 3.36. The summed E-state index contributed by atoms with van der Waals surface area (Å²) in [5.41, 5.74) is 6.02. The zero-order valence-electron chi connectivity index (χ0n) is 12.2. The van der Waals surface area contributed by atoms with Gasteiger partial charge in [-0.05, 0) is 37.4 Å². The second-order valence-corrected chi connectivity index (χ2v) is 6.43. The highest BCUT2D eigenvalue weighted by Gasteiger charge is 2.30. The van der Waals surface area contributed by atoms with Crippen molar-refractivity contribution in [2.24, 2.45) is 11.7 Å². The van der Waals surface area contributed by atoms with E-state index in [2.05, 4.69) is 10.2 Å². The van der Waals surface area contributed by atoms with Crippen LogP contribution in [-0.4, -0.2) is 38.3 Å². The van der Waals surface area contributed by atoms with E-state index in [4.69, 9.17) is 5.73 Å². The molecule has 0 saturated heterocycles. The number of rotatable bonds is 7. The van der Waals surface area contributed by atoms with Crippen molar-refractivity contribution >= 4 is 11.8 Å². The second kappa shape index (κ2) is 6.76. The monoisotopic (exact) mass is 322 g/mol. The molecular formula is C15H19FN4OS. The fraction of sp³-hybridized carbons (Fsp3) is 0.467. The Hall–Kier alpha value is -1.44. The molecule has 1 atom stereocenters. The van der Waals surface area contributed by atoms with E-state index >= 15 is 0 Å².